The zero-order valence-corrected chi connectivity index (χ0v) is 18.9. The monoisotopic (exact) mass is 460 g/mol. The molecule has 2 aromatic carbocycles. The fourth-order valence-electron chi connectivity index (χ4n) is 3.72. The number of aromatic amines is 2. The number of carbonyl (C=O) groups is 2. The molecular weight excluding hydrogens is 436 g/mol. The third kappa shape index (κ3) is 4.70. The first-order valence-corrected chi connectivity index (χ1v) is 10.8. The van der Waals surface area contributed by atoms with Gasteiger partial charge in [-0.1, -0.05) is 36.4 Å². The maximum Gasteiger partial charge on any atom is 0.272 e. The van der Waals surface area contributed by atoms with Gasteiger partial charge in [0.15, 0.2) is 0 Å². The zero-order chi connectivity index (χ0) is 24.2. The van der Waals surface area contributed by atoms with E-state index < -0.39 is 0 Å². The van der Waals surface area contributed by atoms with E-state index in [0.717, 1.165) is 0 Å². The number of fused-ring (bicyclic) bond motifs is 2. The number of hydrogen-bond donors (Lipinski definition) is 2. The van der Waals surface area contributed by atoms with Gasteiger partial charge in [-0.25, -0.2) is 10.2 Å². The highest BCUT2D eigenvalue weighted by Gasteiger charge is 2.17. The molecule has 0 unspecified atom stereocenters. The Kier molecular flexibility index (Phi) is 6.48. The van der Waals surface area contributed by atoms with E-state index in [9.17, 15) is 19.2 Å². The number of carbonyl (C=O) groups excluding carboxylic acids is 2. The van der Waals surface area contributed by atoms with Gasteiger partial charge in [0.2, 0.25) is 11.8 Å². The fourth-order valence-corrected chi connectivity index (χ4v) is 3.72. The van der Waals surface area contributed by atoms with Crippen molar-refractivity contribution in [1.82, 2.24) is 30.2 Å². The van der Waals surface area contributed by atoms with Crippen LogP contribution in [0.25, 0.3) is 21.5 Å². The topological polar surface area (TPSA) is 132 Å². The van der Waals surface area contributed by atoms with E-state index >= 15 is 0 Å². The van der Waals surface area contributed by atoms with Crippen LogP contribution in [0.2, 0.25) is 0 Å². The molecular formula is C24H24N6O4. The SMILES string of the molecule is CN(CCN(C)C(=O)Cc1n[nH]c(=O)c2ccccc12)C(=O)Cc1n[nH]c(=O)c2ccccc12. The first kappa shape index (κ1) is 22.8. The van der Waals surface area contributed by atoms with Gasteiger partial charge < -0.3 is 9.80 Å². The van der Waals surface area contributed by atoms with Crippen LogP contribution in [0, 0.1) is 0 Å². The summed E-state index contributed by atoms with van der Waals surface area (Å²) in [5.41, 5.74) is 0.384. The minimum atomic E-state index is -0.301. The number of benzene rings is 2. The molecule has 0 fully saturated rings. The first-order chi connectivity index (χ1) is 16.3. The van der Waals surface area contributed by atoms with Crippen molar-refractivity contribution in [2.24, 2.45) is 0 Å². The number of hydrogen-bond acceptors (Lipinski definition) is 6. The van der Waals surface area contributed by atoms with Crippen LogP contribution in [0.1, 0.15) is 11.4 Å². The van der Waals surface area contributed by atoms with Gasteiger partial charge in [0.05, 0.1) is 35.0 Å². The lowest BCUT2D eigenvalue weighted by Gasteiger charge is -2.22. The Labute approximate surface area is 194 Å². The molecule has 4 rings (SSSR count). The number of amides is 2. The molecule has 174 valence electrons. The van der Waals surface area contributed by atoms with Crippen LogP contribution in [0.4, 0.5) is 0 Å². The lowest BCUT2D eigenvalue weighted by Crippen LogP contribution is -2.38. The predicted octanol–water partition coefficient (Wildman–Crippen LogP) is 0.862. The second-order valence-electron chi connectivity index (χ2n) is 8.07. The highest BCUT2D eigenvalue weighted by atomic mass is 16.2. The van der Waals surface area contributed by atoms with E-state index in [4.69, 9.17) is 0 Å². The summed E-state index contributed by atoms with van der Waals surface area (Å²) in [5.74, 6) is -0.363. The van der Waals surface area contributed by atoms with Crippen LogP contribution in [0.5, 0.6) is 0 Å². The van der Waals surface area contributed by atoms with Gasteiger partial charge in [-0.05, 0) is 12.1 Å². The average molecular weight is 460 g/mol. The highest BCUT2D eigenvalue weighted by molar-refractivity contribution is 5.89. The molecule has 0 aliphatic heterocycles. The molecule has 4 aromatic rings. The van der Waals surface area contributed by atoms with Crippen molar-refractivity contribution < 1.29 is 9.59 Å². The van der Waals surface area contributed by atoms with Gasteiger partial charge in [-0.2, -0.15) is 10.2 Å². The standard InChI is InChI=1S/C24H24N6O4/c1-29(21(31)13-19-15-7-3-5-9-17(15)23(33)27-25-19)11-12-30(2)22(32)14-20-16-8-4-6-10-18(16)24(34)28-26-20/h3-10H,11-14H2,1-2H3,(H,27,33)(H,28,34). The summed E-state index contributed by atoms with van der Waals surface area (Å²) in [6.45, 7) is 0.643. The van der Waals surface area contributed by atoms with E-state index in [-0.39, 0.29) is 35.8 Å². The van der Waals surface area contributed by atoms with Gasteiger partial charge in [-0.15, -0.1) is 0 Å². The lowest BCUT2D eigenvalue weighted by molar-refractivity contribution is -0.132. The average Bonchev–Trinajstić information content (AvgIpc) is 2.86. The fraction of sp³-hybridized carbons (Fsp3) is 0.250. The summed E-state index contributed by atoms with van der Waals surface area (Å²) in [6, 6.07) is 14.0. The third-order valence-corrected chi connectivity index (χ3v) is 5.81. The molecule has 0 bridgehead atoms. The highest BCUT2D eigenvalue weighted by Crippen LogP contribution is 2.15. The smallest absolute Gasteiger partial charge is 0.272 e. The van der Waals surface area contributed by atoms with Crippen molar-refractivity contribution >= 4 is 33.4 Å². The molecule has 2 amide bonds. The maximum atomic E-state index is 12.7. The van der Waals surface area contributed by atoms with E-state index in [1.807, 2.05) is 0 Å². The van der Waals surface area contributed by atoms with Gasteiger partial charge in [0.1, 0.15) is 0 Å². The van der Waals surface area contributed by atoms with Crippen molar-refractivity contribution in [3.05, 3.63) is 80.6 Å². The maximum absolute atomic E-state index is 12.7. The molecule has 0 saturated heterocycles. The number of H-pyrrole nitrogens is 2. The van der Waals surface area contributed by atoms with Crippen molar-refractivity contribution in [2.75, 3.05) is 27.2 Å². The summed E-state index contributed by atoms with van der Waals surface area (Å²) in [7, 11) is 3.32. The number of aromatic nitrogens is 4. The molecule has 10 heteroatoms. The van der Waals surface area contributed by atoms with Crippen molar-refractivity contribution in [3.63, 3.8) is 0 Å². The van der Waals surface area contributed by atoms with Gasteiger partial charge in [0, 0.05) is 38.0 Å². The molecule has 2 heterocycles. The van der Waals surface area contributed by atoms with Gasteiger partial charge >= 0.3 is 0 Å². The molecule has 0 saturated carbocycles. The van der Waals surface area contributed by atoms with E-state index in [2.05, 4.69) is 20.4 Å². The number of nitrogens with one attached hydrogen (secondary N) is 2. The molecule has 0 aliphatic carbocycles. The second-order valence-corrected chi connectivity index (χ2v) is 8.07. The molecule has 0 aliphatic rings. The summed E-state index contributed by atoms with van der Waals surface area (Å²) in [5, 5.41) is 15.2. The van der Waals surface area contributed by atoms with Crippen molar-refractivity contribution in [2.45, 2.75) is 12.8 Å². The summed E-state index contributed by atoms with van der Waals surface area (Å²) >= 11 is 0. The summed E-state index contributed by atoms with van der Waals surface area (Å²) in [4.78, 5) is 52.4. The minimum absolute atomic E-state index is 0.0265. The Balaban J connectivity index is 1.37. The van der Waals surface area contributed by atoms with Crippen LogP contribution in [0.15, 0.2) is 58.1 Å². The number of nitrogens with zero attached hydrogens (tertiary/aromatic N) is 4. The van der Waals surface area contributed by atoms with Crippen molar-refractivity contribution in [1.29, 1.82) is 0 Å². The quantitative estimate of drug-likeness (QED) is 0.420. The first-order valence-electron chi connectivity index (χ1n) is 10.8. The van der Waals surface area contributed by atoms with E-state index in [0.29, 0.717) is 46.0 Å². The predicted molar refractivity (Wildman–Crippen MR) is 127 cm³/mol. The van der Waals surface area contributed by atoms with Gasteiger partial charge in [-0.3, -0.25) is 19.2 Å². The Morgan fingerprint density at radius 3 is 1.41 bits per heavy atom. The third-order valence-electron chi connectivity index (χ3n) is 5.81. The minimum Gasteiger partial charge on any atom is -0.344 e. The Hall–Kier alpha value is -4.34. The second kappa shape index (κ2) is 9.65. The van der Waals surface area contributed by atoms with Crippen LogP contribution in [-0.4, -0.2) is 69.2 Å². The van der Waals surface area contributed by atoms with Crippen LogP contribution in [-0.2, 0) is 22.4 Å². The van der Waals surface area contributed by atoms with E-state index in [1.165, 1.54) is 9.80 Å². The normalized spacial score (nSPS) is 11.0. The molecule has 0 atom stereocenters. The largest absolute Gasteiger partial charge is 0.344 e. The Morgan fingerprint density at radius 1 is 0.676 bits per heavy atom. The molecule has 10 nitrogen and oxygen atoms in total. The Bertz CT molecular complexity index is 1380. The molecule has 2 aromatic heterocycles. The van der Waals surface area contributed by atoms with Crippen LogP contribution in [0.3, 0.4) is 0 Å². The summed E-state index contributed by atoms with van der Waals surface area (Å²) in [6.07, 6.45) is 0.0531. The molecule has 0 radical (unpaired) electrons. The lowest BCUT2D eigenvalue weighted by atomic mass is 10.1. The van der Waals surface area contributed by atoms with Crippen LogP contribution < -0.4 is 11.1 Å². The Morgan fingerprint density at radius 2 is 1.03 bits per heavy atom. The summed E-state index contributed by atoms with van der Waals surface area (Å²) < 4.78 is 0. The molecule has 2 N–H and O–H groups in total. The molecule has 34 heavy (non-hydrogen) atoms. The van der Waals surface area contributed by atoms with Gasteiger partial charge in [0.25, 0.3) is 11.1 Å². The zero-order valence-electron chi connectivity index (χ0n) is 18.9. The van der Waals surface area contributed by atoms with Crippen LogP contribution >= 0.6 is 0 Å². The molecule has 0 spiro atoms. The number of likely N-dealkylation sites (N-methyl/N-ethyl adjacent to an activating group) is 2. The number of rotatable bonds is 7. The van der Waals surface area contributed by atoms with Crippen molar-refractivity contribution in [3.8, 4) is 0 Å². The van der Waals surface area contributed by atoms with E-state index in [1.54, 1.807) is 62.6 Å².